The summed E-state index contributed by atoms with van der Waals surface area (Å²) in [6.45, 7) is 5.52. The minimum atomic E-state index is -1.63. The van der Waals surface area contributed by atoms with E-state index in [0.29, 0.717) is 12.8 Å². The molecule has 0 aliphatic carbocycles. The predicted molar refractivity (Wildman–Crippen MR) is 338 cm³/mol. The molecule has 462 valence electrons. The van der Waals surface area contributed by atoms with Gasteiger partial charge in [-0.3, -0.25) is 9.59 Å². The lowest BCUT2D eigenvalue weighted by atomic mass is 9.99. The number of aliphatic hydroxyl groups excluding tert-OH is 5. The molecule has 0 aromatic rings. The fourth-order valence-electron chi connectivity index (χ4n) is 9.39. The van der Waals surface area contributed by atoms with E-state index in [-0.39, 0.29) is 19.4 Å². The summed E-state index contributed by atoms with van der Waals surface area (Å²) in [6, 6.07) is -1.04. The van der Waals surface area contributed by atoms with Gasteiger partial charge in [0.05, 0.1) is 25.4 Å². The van der Waals surface area contributed by atoms with Crippen LogP contribution in [0.5, 0.6) is 0 Å². The minimum absolute atomic E-state index is 0.0906. The smallest absolute Gasteiger partial charge is 0.306 e. The van der Waals surface area contributed by atoms with Crippen LogP contribution in [0.1, 0.15) is 245 Å². The van der Waals surface area contributed by atoms with Crippen molar-refractivity contribution in [1.82, 2.24) is 5.32 Å². The Kier molecular flexibility index (Phi) is 52.4. The van der Waals surface area contributed by atoms with E-state index >= 15 is 0 Å². The molecule has 1 saturated heterocycles. The minimum Gasteiger partial charge on any atom is -0.454 e. The number of ether oxygens (including phenoxy) is 3. The van der Waals surface area contributed by atoms with Gasteiger partial charge in [0, 0.05) is 6.42 Å². The second-order valence-corrected chi connectivity index (χ2v) is 21.8. The van der Waals surface area contributed by atoms with Crippen molar-refractivity contribution in [3.8, 4) is 0 Å². The molecule has 1 aliphatic heterocycles. The number of carbonyl (C=O) groups excluding carboxylic acids is 2. The maximum absolute atomic E-state index is 13.5. The van der Waals surface area contributed by atoms with Gasteiger partial charge in [0.25, 0.3) is 0 Å². The summed E-state index contributed by atoms with van der Waals surface area (Å²) >= 11 is 0. The van der Waals surface area contributed by atoms with Crippen molar-refractivity contribution in [3.05, 3.63) is 122 Å². The van der Waals surface area contributed by atoms with E-state index in [2.05, 4.69) is 99.0 Å². The zero-order valence-electron chi connectivity index (χ0n) is 51.1. The summed E-state index contributed by atoms with van der Waals surface area (Å²) < 4.78 is 17.6. The fraction of sp³-hybridized carbons (Fsp3) is 0.686. The lowest BCUT2D eigenvalue weighted by Gasteiger charge is -2.41. The average Bonchev–Trinajstić information content (AvgIpc) is 3.46. The maximum atomic E-state index is 13.5. The first-order valence-corrected chi connectivity index (χ1v) is 32.4. The Labute approximate surface area is 493 Å². The first kappa shape index (κ1) is 75.1. The molecule has 81 heavy (non-hydrogen) atoms. The predicted octanol–water partition coefficient (Wildman–Crippen LogP) is 15.8. The molecular weight excluding hydrogens is 1010 g/mol. The third-order valence-electron chi connectivity index (χ3n) is 14.5. The lowest BCUT2D eigenvalue weighted by molar-refractivity contribution is -0.305. The normalized spacial score (nSPS) is 19.5. The van der Waals surface area contributed by atoms with Crippen LogP contribution in [-0.2, 0) is 23.8 Å². The average molecular weight is 1130 g/mol. The first-order valence-electron chi connectivity index (χ1n) is 32.4. The number of nitrogens with one attached hydrogen (secondary N) is 1. The van der Waals surface area contributed by atoms with Crippen molar-refractivity contribution in [3.63, 3.8) is 0 Å². The molecule has 11 nitrogen and oxygen atoms in total. The van der Waals surface area contributed by atoms with Crippen molar-refractivity contribution in [2.45, 2.75) is 294 Å². The number of carbonyl (C=O) groups is 2. The standard InChI is InChI=1S/C70H117NO10/c1-4-7-10-13-16-19-22-25-27-28-29-30-31-32-33-34-35-37-39-42-45-48-51-54-57-63(74)69(78)71-61(62(73)56-53-50-47-44-41-38-24-21-18-15-12-9-6-3)60-79-70-68(67(77)66(76)64(59-72)80-70)81-65(75)58-55-52-49-46-43-40-36-26-23-20-17-14-11-8-5-2/h7-8,10-11,14,16-17,19-20,23,25-27,29-30,32-33,36,53,56,61-64,66-68,70,72-74,76-77H,4-6,9,12-13,15,18,21-22,24,28,31,34-35,37-52,54-55,57-60H2,1-3H3,(H,71,78)/b10-7-,11-8+,17-14+,19-16-,23-20+,27-25-,30-29-,33-32-,36-26-,56-53+. The van der Waals surface area contributed by atoms with E-state index in [1.165, 1.54) is 77.0 Å². The van der Waals surface area contributed by atoms with Crippen molar-refractivity contribution >= 4 is 11.9 Å². The van der Waals surface area contributed by atoms with Gasteiger partial charge in [0.1, 0.15) is 24.4 Å². The second-order valence-electron chi connectivity index (χ2n) is 21.8. The molecule has 0 radical (unpaired) electrons. The van der Waals surface area contributed by atoms with Crippen LogP contribution >= 0.6 is 0 Å². The highest BCUT2D eigenvalue weighted by Gasteiger charge is 2.47. The van der Waals surface area contributed by atoms with Gasteiger partial charge >= 0.3 is 5.97 Å². The zero-order chi connectivity index (χ0) is 58.9. The van der Waals surface area contributed by atoms with E-state index in [1.54, 1.807) is 6.08 Å². The van der Waals surface area contributed by atoms with E-state index in [0.717, 1.165) is 122 Å². The summed E-state index contributed by atoms with van der Waals surface area (Å²) in [6.07, 6.45) is 68.0. The maximum Gasteiger partial charge on any atom is 0.306 e. The Morgan fingerprint density at radius 1 is 0.506 bits per heavy atom. The topological polar surface area (TPSA) is 175 Å². The lowest BCUT2D eigenvalue weighted by Crippen LogP contribution is -2.61. The van der Waals surface area contributed by atoms with Crippen molar-refractivity contribution in [2.75, 3.05) is 13.2 Å². The number of unbranched alkanes of at least 4 members (excludes halogenated alkanes) is 24. The summed E-state index contributed by atoms with van der Waals surface area (Å²) in [5.74, 6) is -1.23. The van der Waals surface area contributed by atoms with Gasteiger partial charge in [-0.2, -0.15) is 0 Å². The highest BCUT2D eigenvalue weighted by atomic mass is 16.7. The molecule has 0 spiro atoms. The Bertz CT molecular complexity index is 1780. The number of hydrogen-bond acceptors (Lipinski definition) is 10. The van der Waals surface area contributed by atoms with Crippen molar-refractivity contribution in [1.29, 1.82) is 0 Å². The van der Waals surface area contributed by atoms with Gasteiger partial charge in [-0.15, -0.1) is 0 Å². The molecule has 0 aromatic carbocycles. The second kappa shape index (κ2) is 56.5. The molecule has 0 saturated carbocycles. The van der Waals surface area contributed by atoms with Crippen LogP contribution in [0, 0.1) is 0 Å². The van der Waals surface area contributed by atoms with Crippen LogP contribution in [0.4, 0.5) is 0 Å². The molecule has 8 atom stereocenters. The molecule has 6 N–H and O–H groups in total. The summed E-state index contributed by atoms with van der Waals surface area (Å²) in [5, 5.41) is 57.1. The highest BCUT2D eigenvalue weighted by Crippen LogP contribution is 2.26. The molecule has 1 heterocycles. The number of amides is 1. The number of rotatable bonds is 53. The van der Waals surface area contributed by atoms with Crippen LogP contribution < -0.4 is 5.32 Å². The third-order valence-corrected chi connectivity index (χ3v) is 14.5. The SMILES string of the molecule is CC/C=C\C/C=C\C/C=C\C/C=C\C/C=C\CCCCCCCCCCC(O)C(=O)NC(COC1OC(CO)C(O)C(O)C1OC(=O)CCCCCCC\C=C/C=C/C=C/C=C/CC)C(O)/C=C/CCCCCCCCCCCCC. The van der Waals surface area contributed by atoms with E-state index < -0.39 is 67.4 Å². The number of aliphatic hydroxyl groups is 5. The Morgan fingerprint density at radius 2 is 0.951 bits per heavy atom. The van der Waals surface area contributed by atoms with E-state index in [1.807, 2.05) is 42.5 Å². The number of esters is 1. The molecule has 8 unspecified atom stereocenters. The molecule has 1 rings (SSSR count). The van der Waals surface area contributed by atoms with Gasteiger partial charge in [-0.05, 0) is 89.9 Å². The highest BCUT2D eigenvalue weighted by molar-refractivity contribution is 5.80. The van der Waals surface area contributed by atoms with Crippen LogP contribution in [0.15, 0.2) is 122 Å². The fourth-order valence-corrected chi connectivity index (χ4v) is 9.39. The van der Waals surface area contributed by atoms with Crippen LogP contribution in [0.2, 0.25) is 0 Å². The molecule has 11 heteroatoms. The van der Waals surface area contributed by atoms with Gasteiger partial charge in [-0.1, -0.05) is 271 Å². The Balaban J connectivity index is 2.66. The molecule has 1 fully saturated rings. The number of hydrogen-bond donors (Lipinski definition) is 6. The zero-order valence-corrected chi connectivity index (χ0v) is 51.1. The van der Waals surface area contributed by atoms with Crippen LogP contribution in [-0.4, -0.2) is 99.6 Å². The number of allylic oxidation sites excluding steroid dienone is 19. The van der Waals surface area contributed by atoms with Crippen molar-refractivity contribution < 1.29 is 49.3 Å². The summed E-state index contributed by atoms with van der Waals surface area (Å²) in [5.41, 5.74) is 0. The molecular formula is C70H117NO10. The van der Waals surface area contributed by atoms with E-state index in [4.69, 9.17) is 14.2 Å². The van der Waals surface area contributed by atoms with E-state index in [9.17, 15) is 35.1 Å². The Hall–Kier alpha value is -3.94. The largest absolute Gasteiger partial charge is 0.454 e. The monoisotopic (exact) mass is 1130 g/mol. The van der Waals surface area contributed by atoms with Crippen LogP contribution in [0.3, 0.4) is 0 Å². The summed E-state index contributed by atoms with van der Waals surface area (Å²) in [7, 11) is 0. The van der Waals surface area contributed by atoms with Crippen LogP contribution in [0.25, 0.3) is 0 Å². The molecule has 1 amide bonds. The van der Waals surface area contributed by atoms with Crippen molar-refractivity contribution in [2.24, 2.45) is 0 Å². The first-order chi connectivity index (χ1) is 39.7. The van der Waals surface area contributed by atoms with Gasteiger partial charge < -0.3 is 45.1 Å². The van der Waals surface area contributed by atoms with Gasteiger partial charge in [0.2, 0.25) is 5.91 Å². The quantitative estimate of drug-likeness (QED) is 0.0149. The Morgan fingerprint density at radius 3 is 1.48 bits per heavy atom. The molecule has 0 aromatic heterocycles. The molecule has 1 aliphatic rings. The van der Waals surface area contributed by atoms with Gasteiger partial charge in [0.15, 0.2) is 12.4 Å². The summed E-state index contributed by atoms with van der Waals surface area (Å²) in [4.78, 5) is 26.6. The molecule has 0 bridgehead atoms. The van der Waals surface area contributed by atoms with Gasteiger partial charge in [-0.25, -0.2) is 0 Å². The third kappa shape index (κ3) is 44.3.